The Labute approximate surface area is 153 Å². The van der Waals surface area contributed by atoms with Gasteiger partial charge in [0.1, 0.15) is 6.04 Å². The molecule has 3 heterocycles. The predicted molar refractivity (Wildman–Crippen MR) is 99.8 cm³/mol. The van der Waals surface area contributed by atoms with E-state index in [-0.39, 0.29) is 17.9 Å². The lowest BCUT2D eigenvalue weighted by atomic mass is 9.97. The number of hydrogen-bond acceptors (Lipinski definition) is 5. The zero-order valence-electron chi connectivity index (χ0n) is 14.9. The van der Waals surface area contributed by atoms with Crippen molar-refractivity contribution < 1.29 is 9.59 Å². The van der Waals surface area contributed by atoms with Gasteiger partial charge in [0.25, 0.3) is 0 Å². The molecule has 0 aromatic carbocycles. The second-order valence-corrected chi connectivity index (χ2v) is 7.99. The number of nitrogens with zero attached hydrogens (tertiary/aromatic N) is 2. The molecular weight excluding hydrogens is 336 g/mol. The van der Waals surface area contributed by atoms with E-state index in [1.807, 2.05) is 13.1 Å². The van der Waals surface area contributed by atoms with Gasteiger partial charge < -0.3 is 15.5 Å². The van der Waals surface area contributed by atoms with Crippen molar-refractivity contribution in [3.05, 3.63) is 11.1 Å². The van der Waals surface area contributed by atoms with Gasteiger partial charge >= 0.3 is 0 Å². The van der Waals surface area contributed by atoms with E-state index in [9.17, 15) is 9.59 Å². The fourth-order valence-electron chi connectivity index (χ4n) is 3.69. The second-order valence-electron chi connectivity index (χ2n) is 6.93. The lowest BCUT2D eigenvalue weighted by molar-refractivity contribution is -0.140. The molecule has 1 aromatic rings. The van der Waals surface area contributed by atoms with E-state index in [0.717, 1.165) is 51.6 Å². The van der Waals surface area contributed by atoms with Gasteiger partial charge in [-0.1, -0.05) is 6.92 Å². The molecule has 2 N–H and O–H groups in total. The van der Waals surface area contributed by atoms with E-state index < -0.39 is 0 Å². The Morgan fingerprint density at radius 1 is 1.32 bits per heavy atom. The van der Waals surface area contributed by atoms with Gasteiger partial charge in [-0.25, -0.2) is 4.98 Å². The molecule has 1 aromatic heterocycles. The summed E-state index contributed by atoms with van der Waals surface area (Å²) in [7, 11) is 0. The Kier molecular flexibility index (Phi) is 6.42. The van der Waals surface area contributed by atoms with Gasteiger partial charge in [-0.05, 0) is 57.5 Å². The number of piperidine rings is 2. The van der Waals surface area contributed by atoms with Crippen LogP contribution in [-0.4, -0.2) is 47.4 Å². The highest BCUT2D eigenvalue weighted by atomic mass is 32.1. The maximum Gasteiger partial charge on any atom is 0.248 e. The molecule has 2 saturated heterocycles. The zero-order chi connectivity index (χ0) is 17.6. The maximum atomic E-state index is 12.7. The highest BCUT2D eigenvalue weighted by Crippen LogP contribution is 2.32. The summed E-state index contributed by atoms with van der Waals surface area (Å²) < 4.78 is 0. The third-order valence-corrected chi connectivity index (χ3v) is 6.16. The molecule has 2 fully saturated rings. The van der Waals surface area contributed by atoms with Crippen molar-refractivity contribution in [3.8, 4) is 0 Å². The molecule has 7 heteroatoms. The molecule has 0 spiro atoms. The third-order valence-electron chi connectivity index (χ3n) is 5.08. The van der Waals surface area contributed by atoms with Crippen molar-refractivity contribution >= 4 is 28.3 Å². The summed E-state index contributed by atoms with van der Waals surface area (Å²) in [6.45, 7) is 4.77. The van der Waals surface area contributed by atoms with Crippen LogP contribution in [0.2, 0.25) is 0 Å². The summed E-state index contributed by atoms with van der Waals surface area (Å²) in [5.41, 5.74) is 0. The van der Waals surface area contributed by atoms with Crippen LogP contribution in [-0.2, 0) is 9.59 Å². The molecule has 0 aliphatic carbocycles. The first-order chi connectivity index (χ1) is 12.2. The molecule has 0 radical (unpaired) electrons. The van der Waals surface area contributed by atoms with E-state index in [1.165, 1.54) is 4.88 Å². The van der Waals surface area contributed by atoms with Gasteiger partial charge in [0.2, 0.25) is 11.8 Å². The molecule has 6 nitrogen and oxygen atoms in total. The molecule has 138 valence electrons. The molecule has 2 aliphatic rings. The van der Waals surface area contributed by atoms with Crippen LogP contribution in [0.1, 0.15) is 62.7 Å². The number of likely N-dealkylation sites (tertiary alicyclic amines) is 1. The van der Waals surface area contributed by atoms with Crippen LogP contribution < -0.4 is 10.6 Å². The van der Waals surface area contributed by atoms with Crippen LogP contribution in [0.4, 0.5) is 5.13 Å². The summed E-state index contributed by atoms with van der Waals surface area (Å²) in [4.78, 5) is 32.4. The van der Waals surface area contributed by atoms with Crippen LogP contribution in [0.5, 0.6) is 0 Å². The summed E-state index contributed by atoms with van der Waals surface area (Å²) in [6, 6.07) is -0.348. The van der Waals surface area contributed by atoms with E-state index in [0.29, 0.717) is 24.0 Å². The number of amides is 2. The van der Waals surface area contributed by atoms with Gasteiger partial charge in [0, 0.05) is 24.0 Å². The van der Waals surface area contributed by atoms with Crippen molar-refractivity contribution in [1.29, 1.82) is 0 Å². The Balaban J connectivity index is 1.62. The van der Waals surface area contributed by atoms with Crippen LogP contribution >= 0.6 is 11.3 Å². The Morgan fingerprint density at radius 2 is 2.12 bits per heavy atom. The van der Waals surface area contributed by atoms with E-state index in [1.54, 1.807) is 16.2 Å². The quantitative estimate of drug-likeness (QED) is 0.842. The maximum absolute atomic E-state index is 12.7. The van der Waals surface area contributed by atoms with Crippen molar-refractivity contribution in [3.63, 3.8) is 0 Å². The summed E-state index contributed by atoms with van der Waals surface area (Å²) in [5, 5.41) is 6.99. The highest BCUT2D eigenvalue weighted by Gasteiger charge is 2.32. The molecule has 2 amide bonds. The normalized spacial score (nSPS) is 22.0. The van der Waals surface area contributed by atoms with Gasteiger partial charge in [0.15, 0.2) is 5.13 Å². The standard InChI is InChI=1S/C18H28N4O2S/c1-2-5-16(23)22-11-4-3-6-14(22)17(24)21-18-20-12-15(25-18)13-7-9-19-10-8-13/h12-14,19H,2-11H2,1H3,(H,20,21,24). The van der Waals surface area contributed by atoms with Crippen molar-refractivity contribution in [2.45, 2.75) is 63.8 Å². The number of anilines is 1. The Bertz CT molecular complexity index is 598. The Hall–Kier alpha value is -1.47. The number of carbonyl (C=O) groups is 2. The van der Waals surface area contributed by atoms with Crippen molar-refractivity contribution in [1.82, 2.24) is 15.2 Å². The fraction of sp³-hybridized carbons (Fsp3) is 0.722. The SMILES string of the molecule is CCCC(=O)N1CCCCC1C(=O)Nc1ncc(C2CCNCC2)s1. The first-order valence-corrected chi connectivity index (χ1v) is 10.3. The smallest absolute Gasteiger partial charge is 0.248 e. The number of thiazole rings is 1. The van der Waals surface area contributed by atoms with E-state index >= 15 is 0 Å². The monoisotopic (exact) mass is 364 g/mol. The predicted octanol–water partition coefficient (Wildman–Crippen LogP) is 2.73. The summed E-state index contributed by atoms with van der Waals surface area (Å²) >= 11 is 1.58. The van der Waals surface area contributed by atoms with Gasteiger partial charge in [-0.3, -0.25) is 9.59 Å². The average molecular weight is 365 g/mol. The Morgan fingerprint density at radius 3 is 2.88 bits per heavy atom. The molecule has 1 atom stereocenters. The molecule has 1 unspecified atom stereocenters. The van der Waals surface area contributed by atoms with Gasteiger partial charge in [-0.15, -0.1) is 11.3 Å². The first-order valence-electron chi connectivity index (χ1n) is 9.45. The number of aromatic nitrogens is 1. The molecule has 3 rings (SSSR count). The van der Waals surface area contributed by atoms with Crippen molar-refractivity contribution in [2.24, 2.45) is 0 Å². The minimum atomic E-state index is -0.348. The topological polar surface area (TPSA) is 74.3 Å². The van der Waals surface area contributed by atoms with Gasteiger partial charge in [-0.2, -0.15) is 0 Å². The molecule has 0 bridgehead atoms. The summed E-state index contributed by atoms with van der Waals surface area (Å²) in [5.74, 6) is 0.550. The van der Waals surface area contributed by atoms with Crippen LogP contribution in [0.25, 0.3) is 0 Å². The highest BCUT2D eigenvalue weighted by molar-refractivity contribution is 7.15. The molecule has 0 saturated carbocycles. The minimum Gasteiger partial charge on any atom is -0.331 e. The zero-order valence-corrected chi connectivity index (χ0v) is 15.7. The van der Waals surface area contributed by atoms with E-state index in [4.69, 9.17) is 0 Å². The van der Waals surface area contributed by atoms with Gasteiger partial charge in [0.05, 0.1) is 0 Å². The lowest BCUT2D eigenvalue weighted by Gasteiger charge is -2.34. The molecule has 25 heavy (non-hydrogen) atoms. The fourth-order valence-corrected chi connectivity index (χ4v) is 4.68. The van der Waals surface area contributed by atoms with Crippen molar-refractivity contribution in [2.75, 3.05) is 25.0 Å². The van der Waals surface area contributed by atoms with Crippen LogP contribution in [0.15, 0.2) is 6.20 Å². The summed E-state index contributed by atoms with van der Waals surface area (Å²) in [6.07, 6.45) is 8.19. The van der Waals surface area contributed by atoms with Crippen LogP contribution in [0.3, 0.4) is 0 Å². The number of nitrogens with one attached hydrogen (secondary N) is 2. The molecule has 2 aliphatic heterocycles. The molecular formula is C18H28N4O2S. The number of carbonyl (C=O) groups excluding carboxylic acids is 2. The third kappa shape index (κ3) is 4.58. The van der Waals surface area contributed by atoms with E-state index in [2.05, 4.69) is 15.6 Å². The lowest BCUT2D eigenvalue weighted by Crippen LogP contribution is -2.49. The second kappa shape index (κ2) is 8.76. The average Bonchev–Trinajstić information content (AvgIpc) is 3.11. The number of hydrogen-bond donors (Lipinski definition) is 2. The minimum absolute atomic E-state index is 0.0876. The first kappa shape index (κ1) is 18.3. The number of rotatable bonds is 5. The van der Waals surface area contributed by atoms with Crippen LogP contribution in [0, 0.1) is 0 Å². The largest absolute Gasteiger partial charge is 0.331 e.